The Balaban J connectivity index is 1.88. The Morgan fingerprint density at radius 1 is 1.72 bits per heavy atom. The van der Waals surface area contributed by atoms with Crippen LogP contribution in [0.1, 0.15) is 30.9 Å². The number of hydrogen-bond acceptors (Lipinski definition) is 4. The van der Waals surface area contributed by atoms with Crippen LogP contribution in [0.25, 0.3) is 0 Å². The first-order valence-electron chi connectivity index (χ1n) is 6.13. The maximum Gasteiger partial charge on any atom is 0.241 e. The van der Waals surface area contributed by atoms with Crippen molar-refractivity contribution in [1.29, 1.82) is 0 Å². The molecule has 0 bridgehead atoms. The highest BCUT2D eigenvalue weighted by Crippen LogP contribution is 2.42. The normalized spacial score (nSPS) is 19.1. The highest BCUT2D eigenvalue weighted by molar-refractivity contribution is 8.00. The summed E-state index contributed by atoms with van der Waals surface area (Å²) in [5.74, 6) is -0.122. The number of amides is 1. The second-order valence-corrected chi connectivity index (χ2v) is 6.16. The monoisotopic (exact) mass is 268 g/mol. The minimum absolute atomic E-state index is 0.122. The van der Waals surface area contributed by atoms with Gasteiger partial charge in [0.2, 0.25) is 5.91 Å². The molecule has 0 aliphatic heterocycles. The smallest absolute Gasteiger partial charge is 0.241 e. The van der Waals surface area contributed by atoms with Gasteiger partial charge in [0.25, 0.3) is 0 Å². The molecule has 1 aliphatic carbocycles. The average molecular weight is 268 g/mol. The van der Waals surface area contributed by atoms with E-state index in [1.165, 1.54) is 19.3 Å². The summed E-state index contributed by atoms with van der Waals surface area (Å²) in [6.07, 6.45) is 9.13. The summed E-state index contributed by atoms with van der Waals surface area (Å²) in [6, 6.07) is -0.627. The van der Waals surface area contributed by atoms with E-state index in [4.69, 9.17) is 5.73 Å². The molecule has 0 aromatic carbocycles. The van der Waals surface area contributed by atoms with E-state index in [2.05, 4.69) is 16.7 Å². The number of aromatic nitrogens is 2. The van der Waals surface area contributed by atoms with E-state index in [0.29, 0.717) is 6.54 Å². The molecule has 2 rings (SSSR count). The van der Waals surface area contributed by atoms with E-state index in [9.17, 15) is 4.79 Å². The summed E-state index contributed by atoms with van der Waals surface area (Å²) in [6.45, 7) is 0.709. The van der Waals surface area contributed by atoms with Crippen LogP contribution in [0.4, 0.5) is 0 Å². The third-order valence-electron chi connectivity index (χ3n) is 3.65. The largest absolute Gasteiger partial charge is 0.353 e. The van der Waals surface area contributed by atoms with Gasteiger partial charge in [0.15, 0.2) is 0 Å². The number of hydrogen-bond donors (Lipinski definition) is 2. The number of thioether (sulfide) groups is 1. The molecule has 1 fully saturated rings. The lowest BCUT2D eigenvalue weighted by atomic mass is 9.84. The molecular weight excluding hydrogens is 248 g/mol. The Hall–Kier alpha value is -1.01. The van der Waals surface area contributed by atoms with Gasteiger partial charge in [0.1, 0.15) is 6.04 Å². The topological polar surface area (TPSA) is 72.9 Å². The molecule has 1 aromatic rings. The maximum absolute atomic E-state index is 12.0. The van der Waals surface area contributed by atoms with Crippen LogP contribution in [0.3, 0.4) is 0 Å². The van der Waals surface area contributed by atoms with E-state index in [1.807, 2.05) is 18.8 Å². The van der Waals surface area contributed by atoms with Gasteiger partial charge in [-0.25, -0.2) is 0 Å². The summed E-state index contributed by atoms with van der Waals surface area (Å²) >= 11 is 1.84. The fourth-order valence-electron chi connectivity index (χ4n) is 2.13. The first-order chi connectivity index (χ1) is 8.56. The van der Waals surface area contributed by atoms with E-state index in [-0.39, 0.29) is 10.7 Å². The number of nitrogens with two attached hydrogens (primary N) is 1. The van der Waals surface area contributed by atoms with Crippen LogP contribution < -0.4 is 11.1 Å². The first kappa shape index (κ1) is 13.4. The molecule has 3 N–H and O–H groups in total. The number of carbonyl (C=O) groups excluding carboxylic acids is 1. The van der Waals surface area contributed by atoms with Gasteiger partial charge in [-0.1, -0.05) is 6.42 Å². The molecule has 18 heavy (non-hydrogen) atoms. The van der Waals surface area contributed by atoms with Crippen molar-refractivity contribution in [2.24, 2.45) is 12.8 Å². The van der Waals surface area contributed by atoms with Crippen molar-refractivity contribution in [3.8, 4) is 0 Å². The molecule has 1 atom stereocenters. The minimum atomic E-state index is -0.627. The zero-order valence-electron chi connectivity index (χ0n) is 10.8. The Bertz CT molecular complexity index is 422. The van der Waals surface area contributed by atoms with Gasteiger partial charge in [0, 0.05) is 30.1 Å². The predicted molar refractivity (Wildman–Crippen MR) is 73.2 cm³/mol. The van der Waals surface area contributed by atoms with Crippen LogP contribution in [0, 0.1) is 0 Å². The van der Waals surface area contributed by atoms with E-state index in [0.717, 1.165) is 5.56 Å². The Morgan fingerprint density at radius 2 is 2.44 bits per heavy atom. The number of nitrogens with zero attached hydrogens (tertiary/aromatic N) is 2. The highest BCUT2D eigenvalue weighted by Gasteiger charge is 2.36. The molecule has 1 aliphatic rings. The van der Waals surface area contributed by atoms with Gasteiger partial charge in [-0.2, -0.15) is 16.9 Å². The second kappa shape index (κ2) is 5.32. The molecule has 0 spiro atoms. The van der Waals surface area contributed by atoms with E-state index < -0.39 is 6.04 Å². The summed E-state index contributed by atoms with van der Waals surface area (Å²) < 4.78 is 1.89. The Morgan fingerprint density at radius 3 is 2.89 bits per heavy atom. The SMILES string of the molecule is CSC1(CNC(=O)C(N)c2cnn(C)c2)CCC1. The van der Waals surface area contributed by atoms with E-state index in [1.54, 1.807) is 17.1 Å². The summed E-state index contributed by atoms with van der Waals surface area (Å²) in [5.41, 5.74) is 6.66. The van der Waals surface area contributed by atoms with Crippen LogP contribution in [-0.4, -0.2) is 33.2 Å². The van der Waals surface area contributed by atoms with Crippen molar-refractivity contribution < 1.29 is 4.79 Å². The van der Waals surface area contributed by atoms with Crippen LogP contribution in [0.2, 0.25) is 0 Å². The van der Waals surface area contributed by atoms with E-state index >= 15 is 0 Å². The zero-order chi connectivity index (χ0) is 13.2. The Labute approximate surface area is 111 Å². The molecule has 1 heterocycles. The minimum Gasteiger partial charge on any atom is -0.353 e. The summed E-state index contributed by atoms with van der Waals surface area (Å²) in [4.78, 5) is 12.0. The molecule has 0 radical (unpaired) electrons. The number of carbonyl (C=O) groups is 1. The average Bonchev–Trinajstić information content (AvgIpc) is 2.74. The lowest BCUT2D eigenvalue weighted by Gasteiger charge is -2.40. The molecule has 1 amide bonds. The molecule has 5 nitrogen and oxygen atoms in total. The van der Waals surface area contributed by atoms with Gasteiger partial charge in [-0.15, -0.1) is 0 Å². The lowest BCUT2D eigenvalue weighted by molar-refractivity contribution is -0.122. The van der Waals surface area contributed by atoms with Crippen molar-refractivity contribution in [2.75, 3.05) is 12.8 Å². The van der Waals surface area contributed by atoms with Gasteiger partial charge < -0.3 is 11.1 Å². The third-order valence-corrected chi connectivity index (χ3v) is 5.07. The van der Waals surface area contributed by atoms with Crippen LogP contribution >= 0.6 is 11.8 Å². The van der Waals surface area contributed by atoms with Crippen LogP contribution in [0.5, 0.6) is 0 Å². The van der Waals surface area contributed by atoms with Crippen LogP contribution in [-0.2, 0) is 11.8 Å². The fraction of sp³-hybridized carbons (Fsp3) is 0.667. The van der Waals surface area contributed by atoms with Gasteiger partial charge in [0.05, 0.1) is 6.20 Å². The molecule has 1 saturated carbocycles. The zero-order valence-corrected chi connectivity index (χ0v) is 11.7. The summed E-state index contributed by atoms with van der Waals surface area (Å²) in [7, 11) is 1.81. The highest BCUT2D eigenvalue weighted by atomic mass is 32.2. The maximum atomic E-state index is 12.0. The fourth-order valence-corrected chi connectivity index (χ4v) is 3.05. The quantitative estimate of drug-likeness (QED) is 0.829. The van der Waals surface area contributed by atoms with Crippen molar-refractivity contribution in [1.82, 2.24) is 15.1 Å². The van der Waals surface area contributed by atoms with Crippen LogP contribution in [0.15, 0.2) is 12.4 Å². The van der Waals surface area contributed by atoms with Crippen molar-refractivity contribution >= 4 is 17.7 Å². The van der Waals surface area contributed by atoms with Gasteiger partial charge >= 0.3 is 0 Å². The van der Waals surface area contributed by atoms with Crippen molar-refractivity contribution in [2.45, 2.75) is 30.1 Å². The van der Waals surface area contributed by atoms with Crippen molar-refractivity contribution in [3.05, 3.63) is 18.0 Å². The first-order valence-corrected chi connectivity index (χ1v) is 7.36. The molecule has 6 heteroatoms. The van der Waals surface area contributed by atoms with Crippen molar-refractivity contribution in [3.63, 3.8) is 0 Å². The van der Waals surface area contributed by atoms with Gasteiger partial charge in [-0.3, -0.25) is 9.48 Å². The third kappa shape index (κ3) is 2.70. The molecular formula is C12H20N4OS. The predicted octanol–water partition coefficient (Wildman–Crippen LogP) is 0.822. The van der Waals surface area contributed by atoms with Gasteiger partial charge in [-0.05, 0) is 19.1 Å². The summed E-state index contributed by atoms with van der Waals surface area (Å²) in [5, 5.41) is 6.99. The number of rotatable bonds is 5. The lowest BCUT2D eigenvalue weighted by Crippen LogP contribution is -2.47. The second-order valence-electron chi connectivity index (χ2n) is 4.88. The number of aryl methyl sites for hydroxylation is 1. The molecule has 100 valence electrons. The molecule has 0 saturated heterocycles. The number of nitrogens with one attached hydrogen (secondary N) is 1. The molecule has 1 aromatic heterocycles. The molecule has 1 unspecified atom stereocenters. The standard InChI is InChI=1S/C12H20N4OS/c1-16-7-9(6-15-16)10(13)11(17)14-8-12(18-2)4-3-5-12/h6-7,10H,3-5,8,13H2,1-2H3,(H,14,17). The Kier molecular flexibility index (Phi) is 3.97.